The molecule has 32 heavy (non-hydrogen) atoms. The number of aliphatic hydroxyl groups excluding tert-OH is 3. The van der Waals surface area contributed by atoms with Crippen LogP contribution in [-0.2, 0) is 4.79 Å². The van der Waals surface area contributed by atoms with Crippen LogP contribution in [0.4, 0.5) is 0 Å². The van der Waals surface area contributed by atoms with E-state index in [1.54, 1.807) is 0 Å². The van der Waals surface area contributed by atoms with E-state index >= 15 is 0 Å². The molecule has 0 spiro atoms. The fourth-order valence-corrected chi connectivity index (χ4v) is 8.99. The van der Waals surface area contributed by atoms with Crippen LogP contribution in [0.25, 0.3) is 0 Å². The molecule has 4 aliphatic carbocycles. The van der Waals surface area contributed by atoms with Crippen LogP contribution >= 0.6 is 0 Å². The fourth-order valence-electron chi connectivity index (χ4n) is 8.99. The first-order valence-electron chi connectivity index (χ1n) is 13.1. The van der Waals surface area contributed by atoms with Gasteiger partial charge in [0.1, 0.15) is 0 Å². The molecule has 1 amide bonds. The third-order valence-corrected chi connectivity index (χ3v) is 10.8. The number of carbonyl (C=O) groups excluding carboxylic acids is 1. The number of rotatable bonds is 6. The lowest BCUT2D eigenvalue weighted by atomic mass is 9.43. The van der Waals surface area contributed by atoms with Crippen LogP contribution in [0, 0.1) is 46.3 Å². The summed E-state index contributed by atoms with van der Waals surface area (Å²) in [6.07, 6.45) is 6.70. The van der Waals surface area contributed by atoms with Crippen LogP contribution in [0.5, 0.6) is 0 Å². The first kappa shape index (κ1) is 24.4. The number of nitrogens with two attached hydrogens (primary N) is 1. The average molecular weight is 451 g/mol. The summed E-state index contributed by atoms with van der Waals surface area (Å²) < 4.78 is 0. The number of aliphatic hydroxyl groups is 3. The molecule has 184 valence electrons. The zero-order chi connectivity index (χ0) is 23.3. The molecule has 0 bridgehead atoms. The number of carbonyl (C=O) groups is 1. The Balaban J connectivity index is 1.51. The van der Waals surface area contributed by atoms with Crippen LogP contribution in [0.1, 0.15) is 78.6 Å². The smallest absolute Gasteiger partial charge is 0.220 e. The highest BCUT2D eigenvalue weighted by atomic mass is 16.3. The van der Waals surface area contributed by atoms with Crippen LogP contribution in [0.3, 0.4) is 0 Å². The highest BCUT2D eigenvalue weighted by molar-refractivity contribution is 5.75. The van der Waals surface area contributed by atoms with E-state index in [4.69, 9.17) is 5.73 Å². The van der Waals surface area contributed by atoms with E-state index in [9.17, 15) is 20.1 Å². The Hall–Kier alpha value is -0.690. The lowest BCUT2D eigenvalue weighted by Gasteiger charge is -2.63. The summed E-state index contributed by atoms with van der Waals surface area (Å²) in [5, 5.41) is 36.1. The number of hydrogen-bond acceptors (Lipinski definition) is 5. The van der Waals surface area contributed by atoms with E-state index in [1.165, 1.54) is 0 Å². The first-order chi connectivity index (χ1) is 15.1. The van der Waals surface area contributed by atoms with Crippen molar-refractivity contribution in [2.24, 2.45) is 52.1 Å². The fraction of sp³-hybridized carbons (Fsp3) is 0.962. The van der Waals surface area contributed by atoms with Gasteiger partial charge in [0.2, 0.25) is 5.91 Å². The maximum Gasteiger partial charge on any atom is 0.220 e. The molecular formula is C26H46N2O4. The minimum absolute atomic E-state index is 0.0624. The van der Waals surface area contributed by atoms with Gasteiger partial charge in [0.15, 0.2) is 0 Å². The predicted molar refractivity (Wildman–Crippen MR) is 124 cm³/mol. The molecule has 0 aromatic rings. The van der Waals surface area contributed by atoms with Gasteiger partial charge >= 0.3 is 0 Å². The Morgan fingerprint density at radius 1 is 1.09 bits per heavy atom. The van der Waals surface area contributed by atoms with Crippen molar-refractivity contribution in [3.05, 3.63) is 0 Å². The molecule has 6 nitrogen and oxygen atoms in total. The summed E-state index contributed by atoms with van der Waals surface area (Å²) in [6.45, 7) is 7.86. The molecule has 0 saturated heterocycles. The Kier molecular flexibility index (Phi) is 7.00. The Morgan fingerprint density at radius 2 is 1.84 bits per heavy atom. The average Bonchev–Trinajstić information content (AvgIpc) is 3.11. The molecule has 4 aliphatic rings. The van der Waals surface area contributed by atoms with Crippen molar-refractivity contribution in [2.45, 2.75) is 96.9 Å². The van der Waals surface area contributed by atoms with Gasteiger partial charge in [0.05, 0.1) is 18.3 Å². The van der Waals surface area contributed by atoms with Gasteiger partial charge in [-0.1, -0.05) is 20.8 Å². The minimum Gasteiger partial charge on any atom is -0.393 e. The van der Waals surface area contributed by atoms with E-state index in [0.29, 0.717) is 49.1 Å². The van der Waals surface area contributed by atoms with Gasteiger partial charge in [-0.15, -0.1) is 0 Å². The topological polar surface area (TPSA) is 116 Å². The number of hydrogen-bond donors (Lipinski definition) is 5. The number of nitrogens with one attached hydrogen (secondary N) is 1. The molecule has 6 N–H and O–H groups in total. The van der Waals surface area contributed by atoms with Crippen molar-refractivity contribution in [3.8, 4) is 0 Å². The van der Waals surface area contributed by atoms with Crippen molar-refractivity contribution < 1.29 is 20.1 Å². The second-order valence-electron chi connectivity index (χ2n) is 12.2. The van der Waals surface area contributed by atoms with Gasteiger partial charge in [-0.2, -0.15) is 0 Å². The van der Waals surface area contributed by atoms with Crippen molar-refractivity contribution in [3.63, 3.8) is 0 Å². The summed E-state index contributed by atoms with van der Waals surface area (Å²) in [6, 6.07) is 0. The lowest BCUT2D eigenvalue weighted by molar-refractivity contribution is -0.207. The van der Waals surface area contributed by atoms with Gasteiger partial charge in [-0.3, -0.25) is 4.79 Å². The number of amides is 1. The van der Waals surface area contributed by atoms with E-state index in [1.807, 2.05) is 0 Å². The SMILES string of the molecule is C[C@H](CCC(=O)NCCN)[C@H]1CC[C@H]2[C@@H]3C(O)C[C@H]4CC(O)CC[C@]4(C)[C@H]3CC(O)[C@]12C. The lowest BCUT2D eigenvalue weighted by Crippen LogP contribution is -2.62. The third kappa shape index (κ3) is 3.93. The predicted octanol–water partition coefficient (Wildman–Crippen LogP) is 2.44. The van der Waals surface area contributed by atoms with Crippen molar-refractivity contribution in [1.82, 2.24) is 5.32 Å². The van der Waals surface area contributed by atoms with E-state index in [2.05, 4.69) is 26.1 Å². The first-order valence-corrected chi connectivity index (χ1v) is 13.1. The van der Waals surface area contributed by atoms with Gasteiger partial charge in [-0.05, 0) is 97.7 Å². The highest BCUT2D eigenvalue weighted by Gasteiger charge is 2.65. The molecule has 11 atom stereocenters. The molecule has 0 aromatic heterocycles. The van der Waals surface area contributed by atoms with Crippen LogP contribution < -0.4 is 11.1 Å². The monoisotopic (exact) mass is 450 g/mol. The third-order valence-electron chi connectivity index (χ3n) is 10.8. The van der Waals surface area contributed by atoms with Crippen LogP contribution in [0.2, 0.25) is 0 Å². The molecule has 6 heteroatoms. The molecule has 4 rings (SSSR count). The maximum atomic E-state index is 12.1. The standard InChI is InChI=1S/C26H46N2O4/c1-15(4-7-23(32)28-11-10-27)18-5-6-19-24-20(14-22(31)26(18,19)3)25(2)9-8-17(29)12-16(25)13-21(24)30/h15-22,24,29-31H,4-14,27H2,1-3H3,(H,28,32)/t15-,16-,17?,18-,19+,20+,21?,22?,24+,25+,26-/m1/s1. The summed E-state index contributed by atoms with van der Waals surface area (Å²) in [7, 11) is 0. The van der Waals surface area contributed by atoms with E-state index in [-0.39, 0.29) is 41.0 Å². The second kappa shape index (κ2) is 9.16. The quantitative estimate of drug-likeness (QED) is 0.426. The molecule has 3 unspecified atom stereocenters. The maximum absolute atomic E-state index is 12.1. The van der Waals surface area contributed by atoms with Gasteiger partial charge in [0, 0.05) is 19.5 Å². The summed E-state index contributed by atoms with van der Waals surface area (Å²) in [5.41, 5.74) is 5.39. The normalized spacial score (nSPS) is 49.0. The van der Waals surface area contributed by atoms with Crippen molar-refractivity contribution in [2.75, 3.05) is 13.1 Å². The molecule has 0 heterocycles. The second-order valence-corrected chi connectivity index (χ2v) is 12.2. The van der Waals surface area contributed by atoms with Gasteiger partial charge < -0.3 is 26.4 Å². The zero-order valence-corrected chi connectivity index (χ0v) is 20.3. The highest BCUT2D eigenvalue weighted by Crippen LogP contribution is 2.68. The molecule has 4 fully saturated rings. The Labute approximate surface area is 193 Å². The van der Waals surface area contributed by atoms with Crippen molar-refractivity contribution >= 4 is 5.91 Å². The molecular weight excluding hydrogens is 404 g/mol. The Bertz CT molecular complexity index is 689. The molecule has 0 aliphatic heterocycles. The summed E-state index contributed by atoms with van der Waals surface area (Å²) in [4.78, 5) is 12.1. The van der Waals surface area contributed by atoms with Gasteiger partial charge in [0.25, 0.3) is 0 Å². The number of fused-ring (bicyclic) bond motifs is 5. The van der Waals surface area contributed by atoms with Gasteiger partial charge in [-0.25, -0.2) is 0 Å². The molecule has 0 aromatic carbocycles. The largest absolute Gasteiger partial charge is 0.393 e. The molecule has 0 radical (unpaired) electrons. The van der Waals surface area contributed by atoms with E-state index < -0.39 is 0 Å². The zero-order valence-electron chi connectivity index (χ0n) is 20.3. The minimum atomic E-state index is -0.371. The van der Waals surface area contributed by atoms with Crippen LogP contribution in [0.15, 0.2) is 0 Å². The molecule has 4 saturated carbocycles. The van der Waals surface area contributed by atoms with Crippen LogP contribution in [-0.4, -0.2) is 52.6 Å². The van der Waals surface area contributed by atoms with Crippen molar-refractivity contribution in [1.29, 1.82) is 0 Å². The Morgan fingerprint density at radius 3 is 2.56 bits per heavy atom. The summed E-state index contributed by atoms with van der Waals surface area (Å²) in [5.74, 6) is 2.03. The van der Waals surface area contributed by atoms with E-state index in [0.717, 1.165) is 51.4 Å². The summed E-state index contributed by atoms with van der Waals surface area (Å²) >= 11 is 0.